The number of carbonyl (C=O) groups excluding carboxylic acids is 1. The smallest absolute Gasteiger partial charge is 0.260 e. The molecule has 0 saturated carbocycles. The lowest BCUT2D eigenvalue weighted by Crippen LogP contribution is -2.40. The topological polar surface area (TPSA) is 51.7 Å². The van der Waals surface area contributed by atoms with Gasteiger partial charge in [-0.2, -0.15) is 0 Å². The van der Waals surface area contributed by atoms with Crippen LogP contribution in [-0.2, 0) is 9.53 Å². The van der Waals surface area contributed by atoms with Gasteiger partial charge in [-0.3, -0.25) is 4.79 Å². The lowest BCUT2D eigenvalue weighted by Gasteiger charge is -2.22. The summed E-state index contributed by atoms with van der Waals surface area (Å²) in [4.78, 5) is 17.9. The van der Waals surface area contributed by atoms with E-state index in [2.05, 4.69) is 4.98 Å². The number of halogens is 2. The first-order valence-corrected chi connectivity index (χ1v) is 9.64. The van der Waals surface area contributed by atoms with E-state index in [1.807, 2.05) is 24.4 Å². The van der Waals surface area contributed by atoms with Crippen molar-refractivity contribution in [1.82, 2.24) is 9.88 Å². The average molecular weight is 400 g/mol. The quantitative estimate of drug-likeness (QED) is 0.575. The molecule has 26 heavy (non-hydrogen) atoms. The Balaban J connectivity index is 1.79. The van der Waals surface area contributed by atoms with Gasteiger partial charge in [0.2, 0.25) is 0 Å². The Bertz CT molecular complexity index is 910. The van der Waals surface area contributed by atoms with Gasteiger partial charge in [-0.05, 0) is 18.4 Å². The number of nitrogens with zero attached hydrogens (tertiary/aromatic N) is 2. The van der Waals surface area contributed by atoms with Gasteiger partial charge >= 0.3 is 0 Å². The number of benzene rings is 1. The van der Waals surface area contributed by atoms with Crippen LogP contribution >= 0.6 is 22.7 Å². The average Bonchev–Trinajstić information content (AvgIpc) is 3.21. The van der Waals surface area contributed by atoms with Crippen LogP contribution in [0.1, 0.15) is 5.01 Å². The van der Waals surface area contributed by atoms with Gasteiger partial charge in [0.15, 0.2) is 6.61 Å². The Morgan fingerprint density at radius 2 is 2.23 bits per heavy atom. The zero-order valence-corrected chi connectivity index (χ0v) is 16.0. The number of rotatable bonds is 8. The minimum Gasteiger partial charge on any atom is -0.483 e. The Hall–Kier alpha value is -1.84. The van der Waals surface area contributed by atoms with Crippen LogP contribution in [-0.4, -0.2) is 55.6 Å². The monoisotopic (exact) mass is 400 g/mol. The summed E-state index contributed by atoms with van der Waals surface area (Å²) < 4.78 is 38.0. The molecule has 0 aliphatic rings. The molecule has 0 aliphatic carbocycles. The highest BCUT2D eigenvalue weighted by Gasteiger charge is 2.20. The molecule has 3 rings (SSSR count). The largest absolute Gasteiger partial charge is 0.483 e. The molecule has 1 amide bonds. The predicted octanol–water partition coefficient (Wildman–Crippen LogP) is 3.94. The van der Waals surface area contributed by atoms with Crippen molar-refractivity contribution >= 4 is 48.9 Å². The van der Waals surface area contributed by atoms with Crippen molar-refractivity contribution in [1.29, 1.82) is 0 Å². The lowest BCUT2D eigenvalue weighted by atomic mass is 10.2. The van der Waals surface area contributed by atoms with E-state index in [-0.39, 0.29) is 19.8 Å². The van der Waals surface area contributed by atoms with E-state index < -0.39 is 18.9 Å². The van der Waals surface area contributed by atoms with Crippen LogP contribution in [0.25, 0.3) is 20.3 Å². The number of aryl methyl sites for hydroxylation is 1. The number of carbonyl (C=O) groups is 1. The van der Waals surface area contributed by atoms with Gasteiger partial charge in [-0.15, -0.1) is 22.7 Å². The van der Waals surface area contributed by atoms with Crippen molar-refractivity contribution < 1.29 is 23.0 Å². The number of aromatic nitrogens is 1. The van der Waals surface area contributed by atoms with Gasteiger partial charge in [0, 0.05) is 25.1 Å². The number of ether oxygens (including phenoxy) is 2. The molecule has 0 aliphatic heterocycles. The molecule has 9 heteroatoms. The van der Waals surface area contributed by atoms with E-state index in [1.54, 1.807) is 22.7 Å². The zero-order valence-electron chi connectivity index (χ0n) is 14.3. The van der Waals surface area contributed by atoms with E-state index >= 15 is 0 Å². The fraction of sp³-hybridized carbons (Fsp3) is 0.412. The second-order valence-electron chi connectivity index (χ2n) is 5.63. The van der Waals surface area contributed by atoms with E-state index in [0.29, 0.717) is 5.75 Å². The third-order valence-electron chi connectivity index (χ3n) is 3.80. The van der Waals surface area contributed by atoms with Gasteiger partial charge in [-0.25, -0.2) is 13.8 Å². The SMILES string of the molecule is COCCN(CC(F)F)C(=O)COc1cc2sc(C)nc2c2sccc12. The van der Waals surface area contributed by atoms with E-state index in [0.717, 1.165) is 30.2 Å². The number of fused-ring (bicyclic) bond motifs is 3. The van der Waals surface area contributed by atoms with E-state index in [4.69, 9.17) is 9.47 Å². The number of methoxy groups -OCH3 is 1. The highest BCUT2D eigenvalue weighted by molar-refractivity contribution is 7.21. The van der Waals surface area contributed by atoms with Crippen molar-refractivity contribution in [2.24, 2.45) is 0 Å². The summed E-state index contributed by atoms with van der Waals surface area (Å²) in [6, 6.07) is 3.77. The van der Waals surface area contributed by atoms with Gasteiger partial charge < -0.3 is 14.4 Å². The summed E-state index contributed by atoms with van der Waals surface area (Å²) in [7, 11) is 1.46. The summed E-state index contributed by atoms with van der Waals surface area (Å²) in [6.45, 7) is 1.30. The van der Waals surface area contributed by atoms with Crippen molar-refractivity contribution in [2.75, 3.05) is 33.4 Å². The number of thiophene rings is 1. The summed E-state index contributed by atoms with van der Waals surface area (Å²) in [5.74, 6) is 0.0702. The molecule has 0 saturated heterocycles. The van der Waals surface area contributed by atoms with Crippen LogP contribution in [0.3, 0.4) is 0 Å². The van der Waals surface area contributed by atoms with Crippen molar-refractivity contribution in [3.05, 3.63) is 22.5 Å². The molecule has 0 unspecified atom stereocenters. The molecule has 1 aromatic carbocycles. The van der Waals surface area contributed by atoms with E-state index in [9.17, 15) is 13.6 Å². The first-order chi connectivity index (χ1) is 12.5. The molecule has 140 valence electrons. The fourth-order valence-electron chi connectivity index (χ4n) is 2.62. The lowest BCUT2D eigenvalue weighted by molar-refractivity contribution is -0.136. The number of hydrogen-bond acceptors (Lipinski definition) is 6. The number of hydrogen-bond donors (Lipinski definition) is 0. The summed E-state index contributed by atoms with van der Waals surface area (Å²) in [6.07, 6.45) is -2.60. The molecule has 0 fully saturated rings. The zero-order chi connectivity index (χ0) is 18.7. The predicted molar refractivity (Wildman–Crippen MR) is 99.7 cm³/mol. The number of thiazole rings is 1. The first-order valence-electron chi connectivity index (χ1n) is 7.94. The Kier molecular flexibility index (Phi) is 6.00. The molecule has 0 bridgehead atoms. The van der Waals surface area contributed by atoms with Gasteiger partial charge in [0.1, 0.15) is 5.75 Å². The second kappa shape index (κ2) is 8.24. The fourth-order valence-corrected chi connectivity index (χ4v) is 4.46. The molecule has 5 nitrogen and oxygen atoms in total. The summed E-state index contributed by atoms with van der Waals surface area (Å²) >= 11 is 3.11. The van der Waals surface area contributed by atoms with Crippen molar-refractivity contribution in [3.8, 4) is 5.75 Å². The number of amides is 1. The summed E-state index contributed by atoms with van der Waals surface area (Å²) in [5.41, 5.74) is 0.926. The molecular formula is C17H18F2N2O3S2. The third kappa shape index (κ3) is 4.11. The first kappa shape index (κ1) is 18.9. The number of alkyl halides is 2. The summed E-state index contributed by atoms with van der Waals surface area (Å²) in [5, 5.41) is 3.76. The van der Waals surface area contributed by atoms with Gasteiger partial charge in [0.25, 0.3) is 12.3 Å². The van der Waals surface area contributed by atoms with Crippen molar-refractivity contribution in [2.45, 2.75) is 13.3 Å². The molecular weight excluding hydrogens is 382 g/mol. The minimum absolute atomic E-state index is 0.101. The molecule has 0 spiro atoms. The van der Waals surface area contributed by atoms with Crippen LogP contribution < -0.4 is 4.74 Å². The highest BCUT2D eigenvalue weighted by Crippen LogP contribution is 2.38. The Morgan fingerprint density at radius 1 is 1.42 bits per heavy atom. The molecule has 2 heterocycles. The van der Waals surface area contributed by atoms with Crippen LogP contribution in [0.5, 0.6) is 5.75 Å². The van der Waals surface area contributed by atoms with Crippen LogP contribution in [0, 0.1) is 6.92 Å². The maximum absolute atomic E-state index is 12.7. The van der Waals surface area contributed by atoms with E-state index in [1.165, 1.54) is 7.11 Å². The molecule has 3 aromatic rings. The van der Waals surface area contributed by atoms with Crippen LogP contribution in [0.2, 0.25) is 0 Å². The Morgan fingerprint density at radius 3 is 2.96 bits per heavy atom. The molecule has 0 N–H and O–H groups in total. The standard InChI is InChI=1S/C17H18F2N2O3S2/c1-10-20-16-13(26-10)7-12(11-3-6-25-17(11)16)24-9-15(22)21(4-5-23-2)8-14(18)19/h3,6-7,14H,4-5,8-9H2,1-2H3. The minimum atomic E-state index is -2.60. The normalized spacial score (nSPS) is 11.6. The van der Waals surface area contributed by atoms with Crippen molar-refractivity contribution in [3.63, 3.8) is 0 Å². The maximum atomic E-state index is 12.7. The molecule has 0 radical (unpaired) electrons. The van der Waals surface area contributed by atoms with Gasteiger partial charge in [0.05, 0.1) is 33.1 Å². The maximum Gasteiger partial charge on any atom is 0.260 e. The second-order valence-corrected chi connectivity index (χ2v) is 7.78. The van der Waals surface area contributed by atoms with Gasteiger partial charge in [-0.1, -0.05) is 0 Å². The Labute approximate surface area is 157 Å². The van der Waals surface area contributed by atoms with Crippen LogP contribution in [0.15, 0.2) is 17.5 Å². The highest BCUT2D eigenvalue weighted by atomic mass is 32.1. The van der Waals surface area contributed by atoms with Crippen LogP contribution in [0.4, 0.5) is 8.78 Å². The molecule has 0 atom stereocenters. The third-order valence-corrected chi connectivity index (χ3v) is 5.63. The molecule has 2 aromatic heterocycles.